The molecule has 1 aromatic heterocycles. The summed E-state index contributed by atoms with van der Waals surface area (Å²) in [5.74, 6) is -0.260. The molecule has 94 valence electrons. The van der Waals surface area contributed by atoms with Crippen LogP contribution in [0.25, 0.3) is 0 Å². The summed E-state index contributed by atoms with van der Waals surface area (Å²) in [5, 5.41) is 11.5. The zero-order chi connectivity index (χ0) is 12.8. The number of carbonyl (C=O) groups excluding carboxylic acids is 1. The van der Waals surface area contributed by atoms with Crippen LogP contribution in [0.2, 0.25) is 0 Å². The maximum atomic E-state index is 11.3. The Labute approximate surface area is 97.1 Å². The molecule has 1 heterocycles. The number of hydrogen-bond acceptors (Lipinski definition) is 4. The van der Waals surface area contributed by atoms with Crippen molar-refractivity contribution in [3.05, 3.63) is 33.1 Å². The lowest BCUT2D eigenvalue weighted by atomic mass is 10.3. The molecule has 1 rings (SSSR count). The van der Waals surface area contributed by atoms with Crippen LogP contribution in [-0.4, -0.2) is 33.2 Å². The third-order valence-corrected chi connectivity index (χ3v) is 2.07. The van der Waals surface area contributed by atoms with Gasteiger partial charge < -0.3 is 15.0 Å². The molecule has 0 saturated carbocycles. The predicted octanol–water partition coefficient (Wildman–Crippen LogP) is -1.58. The minimum absolute atomic E-state index is 0.110. The Bertz CT molecular complexity index is 489. The lowest BCUT2D eigenvalue weighted by molar-refractivity contribution is -0.121. The van der Waals surface area contributed by atoms with E-state index in [1.54, 1.807) is 6.92 Å². The van der Waals surface area contributed by atoms with E-state index in [1.807, 2.05) is 0 Å². The monoisotopic (exact) mass is 241 g/mol. The van der Waals surface area contributed by atoms with Gasteiger partial charge in [0.05, 0.1) is 6.10 Å². The number of hydrogen-bond donors (Lipinski definition) is 3. The SMILES string of the molecule is CC(O)CNC(=O)CCn1ccc(=O)[nH]c1=O. The summed E-state index contributed by atoms with van der Waals surface area (Å²) in [6.07, 6.45) is 0.844. The highest BCUT2D eigenvalue weighted by molar-refractivity contribution is 5.75. The van der Waals surface area contributed by atoms with E-state index in [-0.39, 0.29) is 25.4 Å². The Balaban J connectivity index is 2.48. The van der Waals surface area contributed by atoms with Gasteiger partial charge in [0.1, 0.15) is 0 Å². The second-order valence-corrected chi connectivity index (χ2v) is 3.71. The van der Waals surface area contributed by atoms with Gasteiger partial charge in [-0.05, 0) is 6.92 Å². The van der Waals surface area contributed by atoms with Crippen molar-refractivity contribution in [2.75, 3.05) is 6.54 Å². The van der Waals surface area contributed by atoms with E-state index in [1.165, 1.54) is 16.8 Å². The van der Waals surface area contributed by atoms with Crippen LogP contribution in [0.1, 0.15) is 13.3 Å². The van der Waals surface area contributed by atoms with E-state index in [2.05, 4.69) is 10.3 Å². The van der Waals surface area contributed by atoms with Crippen LogP contribution in [0.5, 0.6) is 0 Å². The zero-order valence-electron chi connectivity index (χ0n) is 9.47. The second kappa shape index (κ2) is 6.00. The van der Waals surface area contributed by atoms with Crippen molar-refractivity contribution in [1.82, 2.24) is 14.9 Å². The van der Waals surface area contributed by atoms with Crippen molar-refractivity contribution in [3.63, 3.8) is 0 Å². The number of H-pyrrole nitrogens is 1. The van der Waals surface area contributed by atoms with E-state index < -0.39 is 17.4 Å². The van der Waals surface area contributed by atoms with E-state index in [0.717, 1.165) is 0 Å². The summed E-state index contributed by atoms with van der Waals surface area (Å²) in [6, 6.07) is 1.22. The average Bonchev–Trinajstić information content (AvgIpc) is 2.25. The van der Waals surface area contributed by atoms with Crippen LogP contribution in [0, 0.1) is 0 Å². The summed E-state index contributed by atoms with van der Waals surface area (Å²) in [4.78, 5) is 35.4. The molecule has 7 heteroatoms. The molecule has 1 unspecified atom stereocenters. The Kier molecular flexibility index (Phi) is 4.65. The van der Waals surface area contributed by atoms with Crippen LogP contribution in [0.3, 0.4) is 0 Å². The van der Waals surface area contributed by atoms with Crippen molar-refractivity contribution >= 4 is 5.91 Å². The summed E-state index contributed by atoms with van der Waals surface area (Å²) in [6.45, 7) is 1.92. The van der Waals surface area contributed by atoms with Crippen LogP contribution < -0.4 is 16.6 Å². The maximum Gasteiger partial charge on any atom is 0.328 e. The third-order valence-electron chi connectivity index (χ3n) is 2.07. The first kappa shape index (κ1) is 13.2. The van der Waals surface area contributed by atoms with Gasteiger partial charge in [0.25, 0.3) is 5.56 Å². The van der Waals surface area contributed by atoms with Gasteiger partial charge in [-0.15, -0.1) is 0 Å². The minimum atomic E-state index is -0.602. The van der Waals surface area contributed by atoms with E-state index >= 15 is 0 Å². The first-order valence-electron chi connectivity index (χ1n) is 5.23. The Hall–Kier alpha value is -1.89. The fraction of sp³-hybridized carbons (Fsp3) is 0.500. The highest BCUT2D eigenvalue weighted by Crippen LogP contribution is 1.86. The molecule has 1 amide bonds. The Morgan fingerprint density at radius 3 is 2.88 bits per heavy atom. The number of aliphatic hydroxyl groups excluding tert-OH is 1. The van der Waals surface area contributed by atoms with Gasteiger partial charge in [0.2, 0.25) is 5.91 Å². The van der Waals surface area contributed by atoms with E-state index in [4.69, 9.17) is 5.11 Å². The van der Waals surface area contributed by atoms with E-state index in [0.29, 0.717) is 0 Å². The van der Waals surface area contributed by atoms with Crippen LogP contribution in [0.15, 0.2) is 21.9 Å². The lowest BCUT2D eigenvalue weighted by Crippen LogP contribution is -2.33. The number of aromatic amines is 1. The third kappa shape index (κ3) is 4.64. The Morgan fingerprint density at radius 2 is 2.29 bits per heavy atom. The average molecular weight is 241 g/mol. The first-order chi connectivity index (χ1) is 7.99. The van der Waals surface area contributed by atoms with Crippen molar-refractivity contribution in [2.24, 2.45) is 0 Å². The number of carbonyl (C=O) groups is 1. The van der Waals surface area contributed by atoms with Gasteiger partial charge in [-0.25, -0.2) is 4.79 Å². The number of aryl methyl sites for hydroxylation is 1. The molecule has 1 atom stereocenters. The molecule has 0 spiro atoms. The molecule has 0 saturated heterocycles. The molecule has 0 aliphatic rings. The van der Waals surface area contributed by atoms with Crippen molar-refractivity contribution < 1.29 is 9.90 Å². The highest BCUT2D eigenvalue weighted by Gasteiger charge is 2.04. The zero-order valence-corrected chi connectivity index (χ0v) is 9.47. The van der Waals surface area contributed by atoms with Gasteiger partial charge in [-0.3, -0.25) is 14.6 Å². The lowest BCUT2D eigenvalue weighted by Gasteiger charge is -2.07. The molecule has 0 radical (unpaired) electrons. The number of aromatic nitrogens is 2. The molecular formula is C10H15N3O4. The van der Waals surface area contributed by atoms with Gasteiger partial charge in [-0.1, -0.05) is 0 Å². The van der Waals surface area contributed by atoms with Gasteiger partial charge >= 0.3 is 5.69 Å². The van der Waals surface area contributed by atoms with Crippen LogP contribution >= 0.6 is 0 Å². The summed E-state index contributed by atoms with van der Waals surface area (Å²) in [7, 11) is 0. The molecule has 0 aliphatic heterocycles. The van der Waals surface area contributed by atoms with Gasteiger partial charge in [0, 0.05) is 31.8 Å². The number of aliphatic hydroxyl groups is 1. The molecule has 0 aliphatic carbocycles. The fourth-order valence-electron chi connectivity index (χ4n) is 1.19. The molecule has 1 aromatic rings. The standard InChI is InChI=1S/C10H15N3O4/c1-7(14)6-11-8(15)2-4-13-5-3-9(16)12-10(13)17/h3,5,7,14H,2,4,6H2,1H3,(H,11,15)(H,12,16,17). The molecular weight excluding hydrogens is 226 g/mol. The quantitative estimate of drug-likeness (QED) is 0.579. The minimum Gasteiger partial charge on any atom is -0.392 e. The predicted molar refractivity (Wildman–Crippen MR) is 60.6 cm³/mol. The molecule has 17 heavy (non-hydrogen) atoms. The van der Waals surface area contributed by atoms with Crippen molar-refractivity contribution in [2.45, 2.75) is 26.0 Å². The summed E-state index contributed by atoms with van der Waals surface area (Å²) in [5.41, 5.74) is -1.01. The Morgan fingerprint density at radius 1 is 1.59 bits per heavy atom. The first-order valence-corrected chi connectivity index (χ1v) is 5.23. The molecule has 7 nitrogen and oxygen atoms in total. The molecule has 0 aromatic carbocycles. The van der Waals surface area contributed by atoms with Crippen molar-refractivity contribution in [1.29, 1.82) is 0 Å². The fourth-order valence-corrected chi connectivity index (χ4v) is 1.19. The van der Waals surface area contributed by atoms with E-state index in [9.17, 15) is 14.4 Å². The number of rotatable bonds is 5. The van der Waals surface area contributed by atoms with Crippen LogP contribution in [-0.2, 0) is 11.3 Å². The van der Waals surface area contributed by atoms with Gasteiger partial charge in [0.15, 0.2) is 0 Å². The van der Waals surface area contributed by atoms with Gasteiger partial charge in [-0.2, -0.15) is 0 Å². The normalized spacial score (nSPS) is 12.1. The van der Waals surface area contributed by atoms with Crippen molar-refractivity contribution in [3.8, 4) is 0 Å². The molecule has 3 N–H and O–H groups in total. The number of nitrogens with zero attached hydrogens (tertiary/aromatic N) is 1. The highest BCUT2D eigenvalue weighted by atomic mass is 16.3. The number of amides is 1. The summed E-state index contributed by atoms with van der Waals surface area (Å²) < 4.78 is 1.24. The topological polar surface area (TPSA) is 104 Å². The maximum absolute atomic E-state index is 11.3. The largest absolute Gasteiger partial charge is 0.392 e. The summed E-state index contributed by atoms with van der Waals surface area (Å²) >= 11 is 0. The molecule has 0 fully saturated rings. The second-order valence-electron chi connectivity index (χ2n) is 3.71. The number of nitrogens with one attached hydrogen (secondary N) is 2. The molecule has 0 bridgehead atoms. The van der Waals surface area contributed by atoms with Crippen LogP contribution in [0.4, 0.5) is 0 Å². The smallest absolute Gasteiger partial charge is 0.328 e.